The summed E-state index contributed by atoms with van der Waals surface area (Å²) in [5, 5.41) is 2.80. The highest BCUT2D eigenvalue weighted by Crippen LogP contribution is 2.13. The van der Waals surface area contributed by atoms with E-state index >= 15 is 0 Å². The number of hydrogen-bond acceptors (Lipinski definition) is 6. The van der Waals surface area contributed by atoms with Gasteiger partial charge in [0.2, 0.25) is 0 Å². The van der Waals surface area contributed by atoms with Gasteiger partial charge in [0.25, 0.3) is 5.91 Å². The third-order valence-electron chi connectivity index (χ3n) is 2.62. The van der Waals surface area contributed by atoms with Crippen LogP contribution in [0.3, 0.4) is 0 Å². The molecule has 7 nitrogen and oxygen atoms in total. The average Bonchev–Trinajstić information content (AvgIpc) is 2.45. The Morgan fingerprint density at radius 2 is 2.20 bits per heavy atom. The van der Waals surface area contributed by atoms with E-state index in [1.54, 1.807) is 13.2 Å². The Balaban J connectivity index is 2.32. The Hall–Kier alpha value is -1.70. The smallest absolute Gasteiger partial charge is 0.255 e. The zero-order valence-corrected chi connectivity index (χ0v) is 11.9. The number of methoxy groups -OCH3 is 1. The van der Waals surface area contributed by atoms with E-state index in [0.717, 1.165) is 12.1 Å². The van der Waals surface area contributed by atoms with Gasteiger partial charge in [0.1, 0.15) is 0 Å². The molecule has 0 spiro atoms. The van der Waals surface area contributed by atoms with Gasteiger partial charge in [-0.1, -0.05) is 0 Å². The SMILES string of the molecule is COCCOCCCNC(=O)c1cnc(C)cc1NN. The molecule has 0 bridgehead atoms. The van der Waals surface area contributed by atoms with Crippen molar-refractivity contribution in [2.24, 2.45) is 5.84 Å². The summed E-state index contributed by atoms with van der Waals surface area (Å²) in [6.07, 6.45) is 2.25. The second-order valence-electron chi connectivity index (χ2n) is 4.23. The number of hydrogen-bond donors (Lipinski definition) is 3. The van der Waals surface area contributed by atoms with E-state index in [-0.39, 0.29) is 5.91 Å². The first kappa shape index (κ1) is 16.4. The molecule has 0 radical (unpaired) electrons. The molecule has 7 heteroatoms. The predicted octanol–water partition coefficient (Wildman–Crippen LogP) is 0.459. The van der Waals surface area contributed by atoms with Crippen molar-refractivity contribution in [2.45, 2.75) is 13.3 Å². The Morgan fingerprint density at radius 3 is 2.90 bits per heavy atom. The number of aromatic nitrogens is 1. The maximum atomic E-state index is 12.0. The van der Waals surface area contributed by atoms with Gasteiger partial charge in [-0.15, -0.1) is 0 Å². The maximum Gasteiger partial charge on any atom is 0.255 e. The number of nitrogen functional groups attached to an aromatic ring is 1. The lowest BCUT2D eigenvalue weighted by Crippen LogP contribution is -2.27. The highest BCUT2D eigenvalue weighted by Gasteiger charge is 2.11. The van der Waals surface area contributed by atoms with Crippen molar-refractivity contribution < 1.29 is 14.3 Å². The molecule has 0 aliphatic carbocycles. The van der Waals surface area contributed by atoms with Crippen LogP contribution in [0.25, 0.3) is 0 Å². The van der Waals surface area contributed by atoms with Gasteiger partial charge in [-0.05, 0) is 19.4 Å². The number of nitrogens with two attached hydrogens (primary N) is 1. The molecule has 1 rings (SSSR count). The molecule has 1 amide bonds. The van der Waals surface area contributed by atoms with Crippen LogP contribution in [0, 0.1) is 6.92 Å². The summed E-state index contributed by atoms with van der Waals surface area (Å²) >= 11 is 0. The number of ether oxygens (including phenoxy) is 2. The van der Waals surface area contributed by atoms with Crippen molar-refractivity contribution in [3.05, 3.63) is 23.5 Å². The lowest BCUT2D eigenvalue weighted by atomic mass is 10.2. The predicted molar refractivity (Wildman–Crippen MR) is 76.4 cm³/mol. The van der Waals surface area contributed by atoms with Gasteiger partial charge in [-0.25, -0.2) is 0 Å². The summed E-state index contributed by atoms with van der Waals surface area (Å²) in [5.74, 6) is 5.18. The monoisotopic (exact) mass is 282 g/mol. The number of carbonyl (C=O) groups is 1. The standard InChI is InChI=1S/C13H22N4O3/c1-10-8-12(17-14)11(9-16-10)13(18)15-4-3-5-20-7-6-19-2/h8-9H,3-7,14H2,1-2H3,(H,15,18)(H,16,17). The average molecular weight is 282 g/mol. The first-order valence-corrected chi connectivity index (χ1v) is 6.47. The van der Waals surface area contributed by atoms with Crippen LogP contribution in [0.1, 0.15) is 22.5 Å². The van der Waals surface area contributed by atoms with E-state index in [1.807, 2.05) is 6.92 Å². The van der Waals surface area contributed by atoms with Gasteiger partial charge in [0.15, 0.2) is 0 Å². The largest absolute Gasteiger partial charge is 0.382 e. The van der Waals surface area contributed by atoms with Crippen LogP contribution >= 0.6 is 0 Å². The zero-order valence-electron chi connectivity index (χ0n) is 11.9. The van der Waals surface area contributed by atoms with Crippen LogP contribution in [0.5, 0.6) is 0 Å². The molecule has 0 aromatic carbocycles. The van der Waals surface area contributed by atoms with E-state index in [9.17, 15) is 4.79 Å². The second-order valence-corrected chi connectivity index (χ2v) is 4.23. The number of aryl methyl sites for hydroxylation is 1. The number of amides is 1. The normalized spacial score (nSPS) is 10.3. The molecule has 112 valence electrons. The Bertz CT molecular complexity index is 426. The maximum absolute atomic E-state index is 12.0. The van der Waals surface area contributed by atoms with Gasteiger partial charge in [-0.3, -0.25) is 15.6 Å². The fourth-order valence-electron chi connectivity index (χ4n) is 1.58. The minimum absolute atomic E-state index is 0.206. The topological polar surface area (TPSA) is 98.5 Å². The molecular formula is C13H22N4O3. The Labute approximate surface area is 118 Å². The molecule has 4 N–H and O–H groups in total. The summed E-state index contributed by atoms with van der Waals surface area (Å²) in [5.41, 5.74) is 4.29. The van der Waals surface area contributed by atoms with Crippen molar-refractivity contribution in [1.29, 1.82) is 0 Å². The lowest BCUT2D eigenvalue weighted by molar-refractivity contribution is 0.0688. The fraction of sp³-hybridized carbons (Fsp3) is 0.538. The molecule has 0 fully saturated rings. The van der Waals surface area contributed by atoms with Crippen LogP contribution in [-0.4, -0.2) is 44.4 Å². The molecule has 20 heavy (non-hydrogen) atoms. The van der Waals surface area contributed by atoms with Crippen LogP contribution in [0.15, 0.2) is 12.3 Å². The number of anilines is 1. The van der Waals surface area contributed by atoms with E-state index in [0.29, 0.717) is 37.6 Å². The summed E-state index contributed by atoms with van der Waals surface area (Å²) in [4.78, 5) is 16.1. The molecule has 0 atom stereocenters. The number of pyridine rings is 1. The van der Waals surface area contributed by atoms with E-state index in [4.69, 9.17) is 15.3 Å². The molecular weight excluding hydrogens is 260 g/mol. The first-order chi connectivity index (χ1) is 9.69. The summed E-state index contributed by atoms with van der Waals surface area (Å²) in [6, 6.07) is 1.72. The molecule has 1 heterocycles. The number of nitrogens with one attached hydrogen (secondary N) is 2. The molecule has 0 aliphatic heterocycles. The third-order valence-corrected chi connectivity index (χ3v) is 2.62. The van der Waals surface area contributed by atoms with Crippen molar-refractivity contribution in [2.75, 3.05) is 38.9 Å². The van der Waals surface area contributed by atoms with Crippen molar-refractivity contribution >= 4 is 11.6 Å². The molecule has 0 saturated carbocycles. The number of hydrazine groups is 1. The summed E-state index contributed by atoms with van der Waals surface area (Å²) in [7, 11) is 1.63. The van der Waals surface area contributed by atoms with Crippen LogP contribution < -0.4 is 16.6 Å². The molecule has 1 aromatic heterocycles. The molecule has 0 aliphatic rings. The van der Waals surface area contributed by atoms with Gasteiger partial charge in [0.05, 0.1) is 24.5 Å². The summed E-state index contributed by atoms with van der Waals surface area (Å²) in [6.45, 7) is 4.09. The second kappa shape index (κ2) is 9.24. The lowest BCUT2D eigenvalue weighted by Gasteiger charge is -2.10. The van der Waals surface area contributed by atoms with Crippen LogP contribution in [0.2, 0.25) is 0 Å². The van der Waals surface area contributed by atoms with Crippen molar-refractivity contribution in [3.8, 4) is 0 Å². The van der Waals surface area contributed by atoms with Crippen LogP contribution in [-0.2, 0) is 9.47 Å². The number of nitrogens with zero attached hydrogens (tertiary/aromatic N) is 1. The number of rotatable bonds is 9. The van der Waals surface area contributed by atoms with Crippen LogP contribution in [0.4, 0.5) is 5.69 Å². The highest BCUT2D eigenvalue weighted by molar-refractivity contribution is 5.99. The molecule has 0 unspecified atom stereocenters. The van der Waals surface area contributed by atoms with Gasteiger partial charge >= 0.3 is 0 Å². The fourth-order valence-corrected chi connectivity index (χ4v) is 1.58. The minimum Gasteiger partial charge on any atom is -0.382 e. The van der Waals surface area contributed by atoms with Crippen molar-refractivity contribution in [3.63, 3.8) is 0 Å². The van der Waals surface area contributed by atoms with E-state index < -0.39 is 0 Å². The quantitative estimate of drug-likeness (QED) is 0.346. The zero-order chi connectivity index (χ0) is 14.8. The third kappa shape index (κ3) is 5.52. The summed E-state index contributed by atoms with van der Waals surface area (Å²) < 4.78 is 10.2. The molecule has 0 saturated heterocycles. The highest BCUT2D eigenvalue weighted by atomic mass is 16.5. The number of carbonyl (C=O) groups excluding carboxylic acids is 1. The van der Waals surface area contributed by atoms with Gasteiger partial charge in [-0.2, -0.15) is 0 Å². The van der Waals surface area contributed by atoms with Gasteiger partial charge < -0.3 is 20.2 Å². The Kier molecular flexibility index (Phi) is 7.56. The first-order valence-electron chi connectivity index (χ1n) is 6.47. The van der Waals surface area contributed by atoms with Crippen molar-refractivity contribution in [1.82, 2.24) is 10.3 Å². The van der Waals surface area contributed by atoms with E-state index in [1.165, 1.54) is 6.20 Å². The van der Waals surface area contributed by atoms with Gasteiger partial charge in [0, 0.05) is 32.2 Å². The minimum atomic E-state index is -0.206. The Morgan fingerprint density at radius 1 is 1.40 bits per heavy atom. The van der Waals surface area contributed by atoms with E-state index in [2.05, 4.69) is 15.7 Å². The molecule has 1 aromatic rings.